The highest BCUT2D eigenvalue weighted by Crippen LogP contribution is 2.35. The van der Waals surface area contributed by atoms with Gasteiger partial charge >= 0.3 is 12.1 Å². The van der Waals surface area contributed by atoms with Crippen molar-refractivity contribution in [2.45, 2.75) is 12.1 Å². The predicted molar refractivity (Wildman–Crippen MR) is 20.2 cm³/mol. The third-order valence-corrected chi connectivity index (χ3v) is 0.643. The van der Waals surface area contributed by atoms with E-state index in [0.29, 0.717) is 0 Å². The molecule has 0 fully saturated rings. The largest absolute Gasteiger partial charge is 0.445 e. The first-order valence-electron chi connectivity index (χ1n) is 1.90. The molecule has 0 aromatic heterocycles. The van der Waals surface area contributed by atoms with Crippen molar-refractivity contribution in [3.63, 3.8) is 0 Å². The maximum atomic E-state index is 11.6. The summed E-state index contributed by atoms with van der Waals surface area (Å²) in [6.07, 6.45) is 0. The van der Waals surface area contributed by atoms with Crippen LogP contribution < -0.4 is 0 Å². The summed E-state index contributed by atoms with van der Waals surface area (Å²) in [5.74, 6) is 0. The Morgan fingerprint density at radius 2 is 1.00 bits per heavy atom. The van der Waals surface area contributed by atoms with Crippen LogP contribution in [0.1, 0.15) is 0 Å². The molecule has 0 aliphatic heterocycles. The van der Waals surface area contributed by atoms with Crippen LogP contribution in [0.15, 0.2) is 10.2 Å². The van der Waals surface area contributed by atoms with Gasteiger partial charge in [-0.1, -0.05) is 0 Å². The topological polar surface area (TPSA) is 72.4 Å². The summed E-state index contributed by atoms with van der Waals surface area (Å²) in [4.78, 5) is 0. The molecule has 4 nitrogen and oxygen atoms in total. The number of nitrogens with zero attached hydrogens (tertiary/aromatic N) is 2. The highest BCUT2D eigenvalue weighted by molar-refractivity contribution is 4.75. The molecule has 0 aromatic rings. The molecular formula is C2H2F4N4. The van der Waals surface area contributed by atoms with Crippen LogP contribution in [-0.2, 0) is 0 Å². The second-order valence-corrected chi connectivity index (χ2v) is 1.31. The normalized spacial score (nSPS) is 12.8. The Kier molecular flexibility index (Phi) is 2.03. The van der Waals surface area contributed by atoms with Crippen molar-refractivity contribution in [3.8, 4) is 0 Å². The first-order valence-corrected chi connectivity index (χ1v) is 1.90. The lowest BCUT2D eigenvalue weighted by Crippen LogP contribution is -2.35. The Morgan fingerprint density at radius 1 is 0.800 bits per heavy atom. The molecule has 0 saturated heterocycles. The van der Waals surface area contributed by atoms with E-state index in [-0.39, 0.29) is 0 Å². The van der Waals surface area contributed by atoms with E-state index in [1.807, 2.05) is 0 Å². The second-order valence-electron chi connectivity index (χ2n) is 1.31. The third-order valence-electron chi connectivity index (χ3n) is 0.643. The van der Waals surface area contributed by atoms with Gasteiger partial charge in [-0.25, -0.2) is 11.1 Å². The van der Waals surface area contributed by atoms with Gasteiger partial charge in [-0.3, -0.25) is 0 Å². The van der Waals surface area contributed by atoms with Crippen LogP contribution in [-0.4, -0.2) is 12.1 Å². The summed E-state index contributed by atoms with van der Waals surface area (Å²) in [6.45, 7) is 0. The quantitative estimate of drug-likeness (QED) is 0.359. The Labute approximate surface area is 52.2 Å². The Hall–Kier alpha value is -1.08. The maximum Gasteiger partial charge on any atom is 0.445 e. The zero-order chi connectivity index (χ0) is 8.41. The predicted octanol–water partition coefficient (Wildman–Crippen LogP) is 2.23. The van der Waals surface area contributed by atoms with E-state index in [1.165, 1.54) is 10.2 Å². The van der Waals surface area contributed by atoms with Crippen molar-refractivity contribution < 1.29 is 17.6 Å². The molecule has 0 heterocycles. The lowest BCUT2D eigenvalue weighted by molar-refractivity contribution is -0.207. The molecule has 58 valence electrons. The van der Waals surface area contributed by atoms with Crippen LogP contribution in [0.2, 0.25) is 0 Å². The van der Waals surface area contributed by atoms with Gasteiger partial charge in [-0.15, -0.1) is 10.2 Å². The van der Waals surface area contributed by atoms with E-state index in [9.17, 15) is 17.6 Å². The summed E-state index contributed by atoms with van der Waals surface area (Å²) < 4.78 is 46.5. The number of rotatable bonds is 3. The first-order chi connectivity index (χ1) is 4.37. The van der Waals surface area contributed by atoms with Crippen LogP contribution in [0.3, 0.4) is 0 Å². The molecule has 0 atom stereocenters. The number of hydrogen-bond acceptors (Lipinski definition) is 4. The van der Waals surface area contributed by atoms with Crippen molar-refractivity contribution in [1.82, 2.24) is 0 Å². The lowest BCUT2D eigenvalue weighted by Gasteiger charge is -2.14. The number of hydrogen-bond donors (Lipinski definition) is 2. The molecule has 0 unspecified atom stereocenters. The van der Waals surface area contributed by atoms with Gasteiger partial charge in [0, 0.05) is 0 Å². The van der Waals surface area contributed by atoms with Gasteiger partial charge in [-0.2, -0.15) is 17.6 Å². The molecule has 2 N–H and O–H groups in total. The van der Waals surface area contributed by atoms with E-state index >= 15 is 0 Å². The summed E-state index contributed by atoms with van der Waals surface area (Å²) in [6, 6.07) is -9.82. The Balaban J connectivity index is 4.59. The van der Waals surface area contributed by atoms with Crippen molar-refractivity contribution in [1.29, 1.82) is 11.1 Å². The molecule has 0 spiro atoms. The summed E-state index contributed by atoms with van der Waals surface area (Å²) in [5.41, 5.74) is 11.2. The fourth-order valence-corrected chi connectivity index (χ4v) is 0.135. The average molecular weight is 158 g/mol. The summed E-state index contributed by atoms with van der Waals surface area (Å²) in [5, 5.41) is 2.63. The van der Waals surface area contributed by atoms with Crippen LogP contribution in [0, 0.1) is 11.1 Å². The Morgan fingerprint density at radius 3 is 1.10 bits per heavy atom. The standard InChI is InChI=1S/C2H2F4N4/c3-1(4,9-7)2(5,6)10-8/h7-8H. The van der Waals surface area contributed by atoms with Crippen LogP contribution >= 0.6 is 0 Å². The van der Waals surface area contributed by atoms with Gasteiger partial charge in [-0.05, 0) is 0 Å². The molecule has 0 aliphatic rings. The van der Waals surface area contributed by atoms with Gasteiger partial charge in [0.05, 0.1) is 0 Å². The molecule has 0 saturated carbocycles. The molecular weight excluding hydrogens is 156 g/mol. The number of halogens is 4. The molecule has 0 bridgehead atoms. The van der Waals surface area contributed by atoms with E-state index in [4.69, 9.17) is 11.1 Å². The zero-order valence-corrected chi connectivity index (χ0v) is 4.41. The highest BCUT2D eigenvalue weighted by Gasteiger charge is 2.58. The smallest absolute Gasteiger partial charge is 0.204 e. The van der Waals surface area contributed by atoms with Crippen molar-refractivity contribution >= 4 is 0 Å². The van der Waals surface area contributed by atoms with Gasteiger partial charge in [0.2, 0.25) is 0 Å². The van der Waals surface area contributed by atoms with E-state index in [2.05, 4.69) is 0 Å². The van der Waals surface area contributed by atoms with Crippen molar-refractivity contribution in [2.75, 3.05) is 0 Å². The Bertz CT molecular complexity index is 135. The average Bonchev–Trinajstić information content (AvgIpc) is 1.88. The van der Waals surface area contributed by atoms with Gasteiger partial charge in [0.25, 0.3) is 0 Å². The molecule has 0 aromatic carbocycles. The molecule has 8 heteroatoms. The summed E-state index contributed by atoms with van der Waals surface area (Å²) >= 11 is 0. The van der Waals surface area contributed by atoms with E-state index < -0.39 is 12.1 Å². The first kappa shape index (κ1) is 8.92. The minimum atomic E-state index is -4.91. The number of alkyl halides is 4. The minimum absolute atomic E-state index is 1.32. The van der Waals surface area contributed by atoms with Gasteiger partial charge < -0.3 is 0 Å². The highest BCUT2D eigenvalue weighted by atomic mass is 19.3. The van der Waals surface area contributed by atoms with Crippen molar-refractivity contribution in [2.24, 2.45) is 10.2 Å². The van der Waals surface area contributed by atoms with Crippen molar-refractivity contribution in [3.05, 3.63) is 0 Å². The third kappa shape index (κ3) is 1.25. The van der Waals surface area contributed by atoms with Crippen LogP contribution in [0.5, 0.6) is 0 Å². The fraction of sp³-hybridized carbons (Fsp3) is 1.00. The minimum Gasteiger partial charge on any atom is -0.204 e. The van der Waals surface area contributed by atoms with Crippen LogP contribution in [0.25, 0.3) is 0 Å². The SMILES string of the molecule is N=NC(F)(F)C(F)(F)N=N. The van der Waals surface area contributed by atoms with E-state index in [0.717, 1.165) is 0 Å². The summed E-state index contributed by atoms with van der Waals surface area (Å²) in [7, 11) is 0. The number of nitrogens with one attached hydrogen (secondary N) is 2. The zero-order valence-electron chi connectivity index (χ0n) is 4.41. The molecule has 10 heavy (non-hydrogen) atoms. The van der Waals surface area contributed by atoms with Gasteiger partial charge in [0.15, 0.2) is 0 Å². The lowest BCUT2D eigenvalue weighted by atomic mass is 10.5. The van der Waals surface area contributed by atoms with Crippen LogP contribution in [0.4, 0.5) is 17.6 Å². The van der Waals surface area contributed by atoms with Gasteiger partial charge in [0.1, 0.15) is 0 Å². The molecule has 0 radical (unpaired) electrons. The molecule has 0 amide bonds. The maximum absolute atomic E-state index is 11.6. The fourth-order valence-electron chi connectivity index (χ4n) is 0.135. The molecule has 0 rings (SSSR count). The monoisotopic (exact) mass is 158 g/mol. The van der Waals surface area contributed by atoms with E-state index in [1.54, 1.807) is 0 Å². The molecule has 0 aliphatic carbocycles. The second kappa shape index (κ2) is 2.27.